The molecular weight excluding hydrogens is 402 g/mol. The van der Waals surface area contributed by atoms with Crippen molar-refractivity contribution in [1.29, 1.82) is 5.26 Å². The molecule has 0 saturated heterocycles. The largest absolute Gasteiger partial charge is 0.573 e. The Kier molecular flexibility index (Phi) is 5.28. The Morgan fingerprint density at radius 1 is 1.00 bits per heavy atom. The van der Waals surface area contributed by atoms with E-state index in [-0.39, 0.29) is 5.56 Å². The molecule has 0 aliphatic heterocycles. The average Bonchev–Trinajstić information content (AvgIpc) is 2.54. The molecule has 144 valence electrons. The number of sulfonamides is 1. The number of rotatable bonds is 4. The number of benzene rings is 2. The van der Waals surface area contributed by atoms with Crippen LogP contribution in [-0.4, -0.2) is 14.8 Å². The first kappa shape index (κ1) is 20.4. The molecule has 0 aliphatic carbocycles. The van der Waals surface area contributed by atoms with E-state index in [1.165, 1.54) is 6.07 Å². The average molecular weight is 410 g/mol. The van der Waals surface area contributed by atoms with E-state index < -0.39 is 44.5 Å². The molecule has 0 bridgehead atoms. The van der Waals surface area contributed by atoms with Crippen LogP contribution in [0.4, 0.5) is 32.0 Å². The van der Waals surface area contributed by atoms with Crippen LogP contribution in [0.15, 0.2) is 47.4 Å². The second-order valence-electron chi connectivity index (χ2n) is 4.97. The van der Waals surface area contributed by atoms with Gasteiger partial charge in [0.1, 0.15) is 0 Å². The second kappa shape index (κ2) is 6.99. The van der Waals surface area contributed by atoms with Crippen LogP contribution in [0.25, 0.3) is 0 Å². The van der Waals surface area contributed by atoms with Gasteiger partial charge in [-0.3, -0.25) is 4.72 Å². The fraction of sp³-hybridized carbons (Fsp3) is 0.133. The van der Waals surface area contributed by atoms with Crippen LogP contribution in [0, 0.1) is 11.3 Å². The van der Waals surface area contributed by atoms with E-state index in [2.05, 4.69) is 4.74 Å². The monoisotopic (exact) mass is 410 g/mol. The number of nitrogens with one attached hydrogen (secondary N) is 1. The lowest BCUT2D eigenvalue weighted by molar-refractivity contribution is -0.274. The predicted octanol–water partition coefficient (Wildman–Crippen LogP) is 4.28. The minimum Gasteiger partial charge on any atom is -0.403 e. The molecule has 0 spiro atoms. The third-order valence-electron chi connectivity index (χ3n) is 3.06. The quantitative estimate of drug-likeness (QED) is 0.764. The number of nitrogens with zero attached hydrogens (tertiary/aromatic N) is 1. The van der Waals surface area contributed by atoms with Crippen molar-refractivity contribution in [3.8, 4) is 11.8 Å². The standard InChI is InChI=1S/C15H8F6N2O3S/c16-14(17,18)10-3-1-2-4-13(10)27(24,25)23-11-6-5-9(8-22)7-12(11)26-15(19,20)21/h1-7,23H. The van der Waals surface area contributed by atoms with Gasteiger partial charge in [-0.15, -0.1) is 13.2 Å². The molecule has 2 aromatic carbocycles. The van der Waals surface area contributed by atoms with Crippen LogP contribution in [0.3, 0.4) is 0 Å². The summed E-state index contributed by atoms with van der Waals surface area (Å²) in [5, 5.41) is 8.74. The zero-order chi connectivity index (χ0) is 20.5. The zero-order valence-corrected chi connectivity index (χ0v) is 13.7. The molecule has 0 heterocycles. The summed E-state index contributed by atoms with van der Waals surface area (Å²) >= 11 is 0. The maximum atomic E-state index is 13.0. The second-order valence-corrected chi connectivity index (χ2v) is 6.62. The highest BCUT2D eigenvalue weighted by molar-refractivity contribution is 7.92. The number of alkyl halides is 6. The minimum atomic E-state index is -5.22. The van der Waals surface area contributed by atoms with Gasteiger partial charge >= 0.3 is 12.5 Å². The fourth-order valence-corrected chi connectivity index (χ4v) is 3.32. The van der Waals surface area contributed by atoms with Gasteiger partial charge in [-0.1, -0.05) is 12.1 Å². The molecule has 5 nitrogen and oxygen atoms in total. The first-order valence-corrected chi connectivity index (χ1v) is 8.31. The van der Waals surface area contributed by atoms with Crippen LogP contribution in [-0.2, 0) is 16.2 Å². The van der Waals surface area contributed by atoms with Crippen LogP contribution in [0.2, 0.25) is 0 Å². The van der Waals surface area contributed by atoms with Gasteiger partial charge in [0.2, 0.25) is 0 Å². The Hall–Kier alpha value is -2.94. The summed E-state index contributed by atoms with van der Waals surface area (Å²) in [5.74, 6) is -1.09. The summed E-state index contributed by atoms with van der Waals surface area (Å²) in [7, 11) is -4.93. The number of nitriles is 1. The summed E-state index contributed by atoms with van der Waals surface area (Å²) in [6.07, 6.45) is -10.2. The van der Waals surface area contributed by atoms with Gasteiger partial charge in [-0.2, -0.15) is 18.4 Å². The predicted molar refractivity (Wildman–Crippen MR) is 80.1 cm³/mol. The van der Waals surface area contributed by atoms with Crippen molar-refractivity contribution in [2.24, 2.45) is 0 Å². The normalized spacial score (nSPS) is 12.3. The molecule has 0 amide bonds. The van der Waals surface area contributed by atoms with Crippen LogP contribution >= 0.6 is 0 Å². The van der Waals surface area contributed by atoms with Gasteiger partial charge in [0.15, 0.2) is 5.75 Å². The summed E-state index contributed by atoms with van der Waals surface area (Å²) in [6, 6.07) is 7.02. The first-order chi connectivity index (χ1) is 12.3. The third-order valence-corrected chi connectivity index (χ3v) is 4.49. The van der Waals surface area contributed by atoms with Gasteiger partial charge in [0.05, 0.1) is 27.8 Å². The molecule has 0 radical (unpaired) electrons. The Morgan fingerprint density at radius 2 is 1.63 bits per heavy atom. The van der Waals surface area contributed by atoms with Crippen molar-refractivity contribution >= 4 is 15.7 Å². The van der Waals surface area contributed by atoms with Crippen molar-refractivity contribution in [3.63, 3.8) is 0 Å². The summed E-state index contributed by atoms with van der Waals surface area (Å²) in [4.78, 5) is -1.18. The topological polar surface area (TPSA) is 79.2 Å². The lowest BCUT2D eigenvalue weighted by atomic mass is 10.2. The Labute approximate surface area is 148 Å². The van der Waals surface area contributed by atoms with Crippen molar-refractivity contribution in [3.05, 3.63) is 53.6 Å². The first-order valence-electron chi connectivity index (χ1n) is 6.82. The van der Waals surface area contributed by atoms with Gasteiger partial charge in [-0.25, -0.2) is 8.42 Å². The van der Waals surface area contributed by atoms with Crippen LogP contribution < -0.4 is 9.46 Å². The lowest BCUT2D eigenvalue weighted by Crippen LogP contribution is -2.21. The summed E-state index contributed by atoms with van der Waals surface area (Å²) in [5.41, 5.74) is -2.57. The third kappa shape index (κ3) is 5.04. The zero-order valence-electron chi connectivity index (χ0n) is 12.9. The van der Waals surface area contributed by atoms with Crippen molar-refractivity contribution in [2.45, 2.75) is 17.4 Å². The van der Waals surface area contributed by atoms with E-state index in [4.69, 9.17) is 5.26 Å². The number of hydrogen-bond donors (Lipinski definition) is 1. The van der Waals surface area contributed by atoms with E-state index in [9.17, 15) is 34.8 Å². The number of halogens is 6. The number of ether oxygens (including phenoxy) is 1. The highest BCUT2D eigenvalue weighted by atomic mass is 32.2. The summed E-state index contributed by atoms with van der Waals surface area (Å²) < 4.78 is 106. The van der Waals surface area contributed by atoms with Gasteiger partial charge in [0.25, 0.3) is 10.0 Å². The molecule has 0 atom stereocenters. The van der Waals surface area contributed by atoms with Gasteiger partial charge in [0, 0.05) is 6.07 Å². The van der Waals surface area contributed by atoms with Crippen molar-refractivity contribution in [1.82, 2.24) is 0 Å². The Morgan fingerprint density at radius 3 is 2.19 bits per heavy atom. The number of anilines is 1. The van der Waals surface area contributed by atoms with Gasteiger partial charge in [-0.05, 0) is 24.3 Å². The molecule has 1 N–H and O–H groups in total. The maximum Gasteiger partial charge on any atom is 0.573 e. The molecule has 0 saturated carbocycles. The van der Waals surface area contributed by atoms with Crippen LogP contribution in [0.1, 0.15) is 11.1 Å². The summed E-state index contributed by atoms with van der Waals surface area (Å²) in [6.45, 7) is 0. The van der Waals surface area contributed by atoms with Crippen LogP contribution in [0.5, 0.6) is 5.75 Å². The van der Waals surface area contributed by atoms with E-state index >= 15 is 0 Å². The SMILES string of the molecule is N#Cc1ccc(NS(=O)(=O)c2ccccc2C(F)(F)F)c(OC(F)(F)F)c1. The van der Waals surface area contributed by atoms with E-state index in [0.29, 0.717) is 18.2 Å². The molecule has 0 aromatic heterocycles. The molecule has 2 rings (SSSR count). The van der Waals surface area contributed by atoms with E-state index in [1.54, 1.807) is 4.72 Å². The van der Waals surface area contributed by atoms with Crippen molar-refractivity contribution < 1.29 is 39.5 Å². The maximum absolute atomic E-state index is 13.0. The minimum absolute atomic E-state index is 0.284. The highest BCUT2D eigenvalue weighted by Crippen LogP contribution is 2.36. The van der Waals surface area contributed by atoms with E-state index in [1.807, 2.05) is 0 Å². The Balaban J connectivity index is 2.53. The van der Waals surface area contributed by atoms with Gasteiger partial charge < -0.3 is 4.74 Å². The fourth-order valence-electron chi connectivity index (χ4n) is 2.02. The molecule has 0 unspecified atom stereocenters. The molecule has 12 heteroatoms. The molecule has 0 fully saturated rings. The Bertz CT molecular complexity index is 994. The lowest BCUT2D eigenvalue weighted by Gasteiger charge is -2.17. The molecule has 2 aromatic rings. The number of hydrogen-bond acceptors (Lipinski definition) is 4. The molecule has 27 heavy (non-hydrogen) atoms. The van der Waals surface area contributed by atoms with E-state index in [0.717, 1.165) is 24.3 Å². The highest BCUT2D eigenvalue weighted by Gasteiger charge is 2.37. The van der Waals surface area contributed by atoms with Crippen molar-refractivity contribution in [2.75, 3.05) is 4.72 Å². The molecule has 0 aliphatic rings. The molecular formula is C15H8F6N2O3S. The smallest absolute Gasteiger partial charge is 0.403 e.